The van der Waals surface area contributed by atoms with E-state index in [1.165, 1.54) is 4.90 Å². The maximum Gasteiger partial charge on any atom is 0.148 e. The SMILES string of the molecule is COc1cc(C2=CN(C)C(O)C(C)=C2)cc(OC)c1CN1CC(C(O)NCCCCCCCCNc2cccc3c2C(O)N(C2CCC(O)NC2O)C3O)C1. The van der Waals surface area contributed by atoms with Gasteiger partial charge in [-0.2, -0.15) is 0 Å². The number of likely N-dealkylation sites (tertiary alicyclic amines) is 1. The summed E-state index contributed by atoms with van der Waals surface area (Å²) in [5, 5.41) is 73.0. The van der Waals surface area contributed by atoms with Crippen molar-refractivity contribution in [1.82, 2.24) is 25.3 Å². The largest absolute Gasteiger partial charge is 0.496 e. The zero-order valence-corrected chi connectivity index (χ0v) is 32.7. The molecule has 2 aromatic carbocycles. The fraction of sp³-hybridized carbons (Fsp3) is 0.610. The zero-order valence-electron chi connectivity index (χ0n) is 32.7. The van der Waals surface area contributed by atoms with Crippen molar-refractivity contribution in [2.75, 3.05) is 52.8 Å². The van der Waals surface area contributed by atoms with Crippen LogP contribution in [0.25, 0.3) is 5.57 Å². The van der Waals surface area contributed by atoms with Crippen molar-refractivity contribution in [2.45, 2.75) is 108 Å². The molecule has 7 unspecified atom stereocenters. The first-order chi connectivity index (χ1) is 26.5. The Bertz CT molecular complexity index is 1630. The number of piperidine rings is 1. The van der Waals surface area contributed by atoms with Crippen molar-refractivity contribution in [2.24, 2.45) is 5.92 Å². The Hall–Kier alpha value is -3.28. The second-order valence-electron chi connectivity index (χ2n) is 15.5. The number of nitrogens with one attached hydrogen (secondary N) is 3. The van der Waals surface area contributed by atoms with Crippen molar-refractivity contribution in [3.63, 3.8) is 0 Å². The first kappa shape index (κ1) is 41.4. The van der Waals surface area contributed by atoms with E-state index in [0.29, 0.717) is 30.5 Å². The number of unbranched alkanes of at least 4 members (excludes halogenated alkanes) is 5. The van der Waals surface area contributed by atoms with Crippen LogP contribution in [0.2, 0.25) is 0 Å². The number of aliphatic hydroxyl groups excluding tert-OH is 6. The number of likely N-dealkylation sites (N-methyl/N-ethyl adjacent to an activating group) is 1. The van der Waals surface area contributed by atoms with E-state index in [4.69, 9.17) is 9.47 Å². The van der Waals surface area contributed by atoms with Crippen LogP contribution >= 0.6 is 0 Å². The molecule has 0 saturated carbocycles. The van der Waals surface area contributed by atoms with Crippen LogP contribution in [0.3, 0.4) is 0 Å². The number of methoxy groups -OCH3 is 2. The fourth-order valence-electron chi connectivity index (χ4n) is 8.44. The third-order valence-electron chi connectivity index (χ3n) is 11.6. The number of ether oxygens (including phenoxy) is 2. The van der Waals surface area contributed by atoms with E-state index in [1.807, 2.05) is 50.5 Å². The monoisotopic (exact) mass is 766 g/mol. The van der Waals surface area contributed by atoms with Gasteiger partial charge in [-0.1, -0.05) is 37.8 Å². The van der Waals surface area contributed by atoms with Gasteiger partial charge in [0.1, 0.15) is 48.9 Å². The van der Waals surface area contributed by atoms with E-state index in [1.54, 1.807) is 25.2 Å². The van der Waals surface area contributed by atoms with Gasteiger partial charge in [-0.15, -0.1) is 0 Å². The average molecular weight is 767 g/mol. The molecule has 0 aromatic heterocycles. The molecule has 0 bridgehead atoms. The van der Waals surface area contributed by atoms with Crippen molar-refractivity contribution >= 4 is 11.3 Å². The lowest BCUT2D eigenvalue weighted by molar-refractivity contribution is -0.158. The molecular formula is C41H62N6O8. The van der Waals surface area contributed by atoms with Gasteiger partial charge >= 0.3 is 0 Å². The van der Waals surface area contributed by atoms with Gasteiger partial charge < -0.3 is 50.3 Å². The average Bonchev–Trinajstić information content (AvgIpc) is 3.41. The fourth-order valence-corrected chi connectivity index (χ4v) is 8.44. The number of hydrogen-bond donors (Lipinski definition) is 9. The van der Waals surface area contributed by atoms with Gasteiger partial charge in [-0.25, -0.2) is 4.90 Å². The molecule has 0 spiro atoms. The van der Waals surface area contributed by atoms with Crippen molar-refractivity contribution in [3.05, 3.63) is 70.4 Å². The van der Waals surface area contributed by atoms with Crippen molar-refractivity contribution < 1.29 is 40.1 Å². The quantitative estimate of drug-likeness (QED) is 0.0797. The lowest BCUT2D eigenvalue weighted by atomic mass is 9.95. The Kier molecular flexibility index (Phi) is 14.1. The minimum atomic E-state index is -1.06. The van der Waals surface area contributed by atoms with E-state index in [-0.39, 0.29) is 5.92 Å². The maximum atomic E-state index is 11.2. The number of hydrogen-bond acceptors (Lipinski definition) is 14. The van der Waals surface area contributed by atoms with E-state index in [9.17, 15) is 30.6 Å². The maximum absolute atomic E-state index is 11.2. The molecule has 0 aliphatic carbocycles. The van der Waals surface area contributed by atoms with Crippen LogP contribution in [0.1, 0.15) is 93.0 Å². The molecule has 14 heteroatoms. The summed E-state index contributed by atoms with van der Waals surface area (Å²) >= 11 is 0. The second kappa shape index (κ2) is 18.8. The molecule has 6 rings (SSSR count). The number of anilines is 1. The van der Waals surface area contributed by atoms with Gasteiger partial charge in [0.05, 0.1) is 25.8 Å². The minimum Gasteiger partial charge on any atom is -0.496 e. The topological polar surface area (TPSA) is 186 Å². The van der Waals surface area contributed by atoms with Gasteiger partial charge in [-0.05, 0) is 80.1 Å². The summed E-state index contributed by atoms with van der Waals surface area (Å²) in [6.07, 6.45) is 6.02. The highest BCUT2D eigenvalue weighted by Crippen LogP contribution is 2.46. The molecule has 4 aliphatic heterocycles. The predicted octanol–water partition coefficient (Wildman–Crippen LogP) is 2.73. The summed E-state index contributed by atoms with van der Waals surface area (Å²) in [5.41, 5.74) is 5.83. The third-order valence-corrected chi connectivity index (χ3v) is 11.6. The van der Waals surface area contributed by atoms with Crippen LogP contribution in [0, 0.1) is 5.92 Å². The Balaban J connectivity index is 0.852. The van der Waals surface area contributed by atoms with Gasteiger partial charge in [0.15, 0.2) is 0 Å². The van der Waals surface area contributed by atoms with Crippen LogP contribution < -0.4 is 25.4 Å². The highest BCUT2D eigenvalue weighted by Gasteiger charge is 2.45. The molecule has 0 radical (unpaired) electrons. The van der Waals surface area contributed by atoms with Crippen LogP contribution in [0.4, 0.5) is 5.69 Å². The molecule has 55 heavy (non-hydrogen) atoms. The number of aliphatic hydroxyl groups is 6. The molecule has 4 heterocycles. The summed E-state index contributed by atoms with van der Waals surface area (Å²) in [6.45, 7) is 5.65. The first-order valence-electron chi connectivity index (χ1n) is 19.8. The summed E-state index contributed by atoms with van der Waals surface area (Å²) in [4.78, 5) is 5.59. The Morgan fingerprint density at radius 3 is 2.20 bits per heavy atom. The van der Waals surface area contributed by atoms with Gasteiger partial charge in [-0.3, -0.25) is 15.5 Å². The molecule has 0 amide bonds. The third kappa shape index (κ3) is 9.48. The summed E-state index contributed by atoms with van der Waals surface area (Å²) in [7, 11) is 5.18. The summed E-state index contributed by atoms with van der Waals surface area (Å²) in [5.74, 6) is 1.66. The van der Waals surface area contributed by atoms with Crippen LogP contribution in [-0.2, 0) is 6.54 Å². The molecule has 9 N–H and O–H groups in total. The van der Waals surface area contributed by atoms with Gasteiger partial charge in [0.25, 0.3) is 0 Å². The number of fused-ring (bicyclic) bond motifs is 1. The lowest BCUT2D eigenvalue weighted by Gasteiger charge is -2.42. The lowest BCUT2D eigenvalue weighted by Crippen LogP contribution is -2.57. The standard InChI is InChI=1S/C41H62N6O8/c1-25-18-27(21-45(2)39(25)51)26-19-33(54-3)30(34(20-26)55-4)24-46-22-28(23-46)37(49)43-17-10-8-6-5-7-9-16-42-31-13-11-12-29-36(31)41(53)47(40(29)52)32-14-15-35(48)44-38(32)50/h11-13,18-21,28,32,35,37-44,48-53H,5-10,14-17,22-24H2,1-4H3. The predicted molar refractivity (Wildman–Crippen MR) is 210 cm³/mol. The molecule has 2 fully saturated rings. The van der Waals surface area contributed by atoms with E-state index < -0.39 is 43.4 Å². The minimum absolute atomic E-state index is 0.161. The van der Waals surface area contributed by atoms with Gasteiger partial charge in [0, 0.05) is 62.2 Å². The molecule has 14 nitrogen and oxygen atoms in total. The van der Waals surface area contributed by atoms with Crippen molar-refractivity contribution in [1.29, 1.82) is 0 Å². The normalized spacial score (nSPS) is 26.6. The number of allylic oxidation sites excluding steroid dienone is 2. The molecule has 2 aromatic rings. The highest BCUT2D eigenvalue weighted by molar-refractivity contribution is 5.78. The summed E-state index contributed by atoms with van der Waals surface area (Å²) < 4.78 is 11.6. The van der Waals surface area contributed by atoms with E-state index in [0.717, 1.165) is 104 Å². The van der Waals surface area contributed by atoms with E-state index in [2.05, 4.69) is 20.9 Å². The Morgan fingerprint density at radius 2 is 1.55 bits per heavy atom. The molecule has 2 saturated heterocycles. The Morgan fingerprint density at radius 1 is 0.873 bits per heavy atom. The van der Waals surface area contributed by atoms with Crippen LogP contribution in [0.5, 0.6) is 11.5 Å². The summed E-state index contributed by atoms with van der Waals surface area (Å²) in [6, 6.07) is 9.09. The number of rotatable bonds is 18. The number of nitrogens with zero attached hydrogens (tertiary/aromatic N) is 3. The molecule has 4 aliphatic rings. The van der Waals surface area contributed by atoms with E-state index >= 15 is 0 Å². The molecule has 7 atom stereocenters. The van der Waals surface area contributed by atoms with Crippen LogP contribution in [0.15, 0.2) is 48.2 Å². The smallest absolute Gasteiger partial charge is 0.148 e. The Labute approximate surface area is 325 Å². The first-order valence-corrected chi connectivity index (χ1v) is 19.8. The molecular weight excluding hydrogens is 704 g/mol. The highest BCUT2D eigenvalue weighted by atomic mass is 16.5. The zero-order chi connectivity index (χ0) is 39.2. The second-order valence-corrected chi connectivity index (χ2v) is 15.5. The van der Waals surface area contributed by atoms with Crippen molar-refractivity contribution in [3.8, 4) is 11.5 Å². The number of benzene rings is 2. The van der Waals surface area contributed by atoms with Gasteiger partial charge in [0.2, 0.25) is 0 Å². The molecule has 304 valence electrons. The van der Waals surface area contributed by atoms with Crippen LogP contribution in [-0.4, -0.2) is 124 Å².